The Balaban J connectivity index is 1.88. The molecule has 6 heteroatoms. The number of carboxylic acids is 1. The molecule has 1 aliphatic rings. The van der Waals surface area contributed by atoms with Gasteiger partial charge in [0.25, 0.3) is 0 Å². The van der Waals surface area contributed by atoms with E-state index >= 15 is 0 Å². The average Bonchev–Trinajstić information content (AvgIpc) is 2.63. The lowest BCUT2D eigenvalue weighted by atomic mass is 9.98. The summed E-state index contributed by atoms with van der Waals surface area (Å²) in [5, 5.41) is 9.26. The van der Waals surface area contributed by atoms with Gasteiger partial charge in [-0.05, 0) is 38.0 Å². The van der Waals surface area contributed by atoms with Crippen molar-refractivity contribution in [3.8, 4) is 17.1 Å². The molecule has 1 aliphatic heterocycles. The second kappa shape index (κ2) is 7.29. The highest BCUT2D eigenvalue weighted by molar-refractivity contribution is 5.71. The third-order valence-electron chi connectivity index (χ3n) is 4.16. The molecule has 2 aromatic rings. The maximum Gasteiger partial charge on any atom is 0.308 e. The van der Waals surface area contributed by atoms with Crippen molar-refractivity contribution in [1.82, 2.24) is 9.97 Å². The van der Waals surface area contributed by atoms with Gasteiger partial charge in [-0.3, -0.25) is 4.79 Å². The summed E-state index contributed by atoms with van der Waals surface area (Å²) in [5.41, 5.74) is 0.841. The molecule has 1 saturated heterocycles. The van der Waals surface area contributed by atoms with E-state index in [1.165, 1.54) is 0 Å². The third-order valence-corrected chi connectivity index (χ3v) is 4.16. The van der Waals surface area contributed by atoms with Gasteiger partial charge in [-0.2, -0.15) is 0 Å². The summed E-state index contributed by atoms with van der Waals surface area (Å²) < 4.78 is 5.65. The summed E-state index contributed by atoms with van der Waals surface area (Å²) in [6.07, 6.45) is 3.29. The van der Waals surface area contributed by atoms with Crippen LogP contribution in [0.1, 0.15) is 19.8 Å². The lowest BCUT2D eigenvalue weighted by Gasteiger charge is -2.31. The Morgan fingerprint density at radius 2 is 2.21 bits per heavy atom. The number of carboxylic acid groups (broad SMARTS) is 1. The molecule has 2 heterocycles. The minimum Gasteiger partial charge on any atom is -0.493 e. The second-order valence-corrected chi connectivity index (χ2v) is 5.79. The molecule has 0 amide bonds. The van der Waals surface area contributed by atoms with Crippen molar-refractivity contribution < 1.29 is 14.6 Å². The highest BCUT2D eigenvalue weighted by Crippen LogP contribution is 2.29. The van der Waals surface area contributed by atoms with Gasteiger partial charge < -0.3 is 14.7 Å². The first kappa shape index (κ1) is 16.2. The number of carbonyl (C=O) groups is 1. The van der Waals surface area contributed by atoms with Gasteiger partial charge in [0.15, 0.2) is 5.82 Å². The molecule has 1 aromatic heterocycles. The zero-order valence-electron chi connectivity index (χ0n) is 13.7. The molecular weight excluding hydrogens is 306 g/mol. The van der Waals surface area contributed by atoms with Crippen LogP contribution in [0.25, 0.3) is 11.4 Å². The SMILES string of the molecule is CCOc1ccccc1-c1nccc(N2CCCC(C(=O)O)C2)n1. The van der Waals surface area contributed by atoms with E-state index in [2.05, 4.69) is 9.97 Å². The number of aromatic nitrogens is 2. The van der Waals surface area contributed by atoms with E-state index in [1.54, 1.807) is 6.20 Å². The standard InChI is InChI=1S/C18H21N3O3/c1-2-24-15-8-4-3-7-14(15)17-19-10-9-16(20-17)21-11-5-6-13(12-21)18(22)23/h3-4,7-10,13H,2,5-6,11-12H2,1H3,(H,22,23). The molecule has 1 aromatic carbocycles. The van der Waals surface area contributed by atoms with Crippen LogP contribution in [0.15, 0.2) is 36.5 Å². The van der Waals surface area contributed by atoms with Gasteiger partial charge >= 0.3 is 5.97 Å². The van der Waals surface area contributed by atoms with Crippen molar-refractivity contribution in [1.29, 1.82) is 0 Å². The zero-order chi connectivity index (χ0) is 16.9. The van der Waals surface area contributed by atoms with E-state index in [1.807, 2.05) is 42.2 Å². The van der Waals surface area contributed by atoms with Crippen LogP contribution >= 0.6 is 0 Å². The number of para-hydroxylation sites is 1. The smallest absolute Gasteiger partial charge is 0.308 e. The quantitative estimate of drug-likeness (QED) is 0.910. The summed E-state index contributed by atoms with van der Waals surface area (Å²) in [7, 11) is 0. The zero-order valence-corrected chi connectivity index (χ0v) is 13.7. The Kier molecular flexibility index (Phi) is 4.93. The molecule has 1 fully saturated rings. The van der Waals surface area contributed by atoms with Gasteiger partial charge in [-0.25, -0.2) is 9.97 Å². The molecule has 0 aliphatic carbocycles. The molecule has 126 valence electrons. The number of anilines is 1. The number of hydrogen-bond acceptors (Lipinski definition) is 5. The topological polar surface area (TPSA) is 75.5 Å². The average molecular weight is 327 g/mol. The first-order chi connectivity index (χ1) is 11.7. The van der Waals surface area contributed by atoms with Crippen LogP contribution in [0, 0.1) is 5.92 Å². The molecule has 1 N–H and O–H groups in total. The van der Waals surface area contributed by atoms with E-state index in [-0.39, 0.29) is 5.92 Å². The number of hydrogen-bond donors (Lipinski definition) is 1. The molecule has 1 atom stereocenters. The number of piperidine rings is 1. The monoisotopic (exact) mass is 327 g/mol. The number of benzene rings is 1. The highest BCUT2D eigenvalue weighted by Gasteiger charge is 2.26. The lowest BCUT2D eigenvalue weighted by Crippen LogP contribution is -2.39. The molecule has 0 radical (unpaired) electrons. The molecule has 0 saturated carbocycles. The van der Waals surface area contributed by atoms with Crippen LogP contribution in [0.3, 0.4) is 0 Å². The molecule has 0 spiro atoms. The van der Waals surface area contributed by atoms with E-state index in [0.717, 1.165) is 36.5 Å². The molecule has 0 bridgehead atoms. The maximum atomic E-state index is 11.3. The van der Waals surface area contributed by atoms with Crippen LogP contribution in [-0.2, 0) is 4.79 Å². The Morgan fingerprint density at radius 3 is 3.00 bits per heavy atom. The molecule has 3 rings (SSSR count). The largest absolute Gasteiger partial charge is 0.493 e. The molecular formula is C18H21N3O3. The van der Waals surface area contributed by atoms with Crippen LogP contribution in [-0.4, -0.2) is 40.7 Å². The van der Waals surface area contributed by atoms with E-state index < -0.39 is 5.97 Å². The van der Waals surface area contributed by atoms with Gasteiger partial charge in [0, 0.05) is 19.3 Å². The van der Waals surface area contributed by atoms with E-state index in [4.69, 9.17) is 4.74 Å². The number of rotatable bonds is 5. The van der Waals surface area contributed by atoms with Crippen molar-refractivity contribution in [2.24, 2.45) is 5.92 Å². The second-order valence-electron chi connectivity index (χ2n) is 5.79. The first-order valence-electron chi connectivity index (χ1n) is 8.22. The fourth-order valence-corrected chi connectivity index (χ4v) is 2.97. The predicted molar refractivity (Wildman–Crippen MR) is 91.2 cm³/mol. The fraction of sp³-hybridized carbons (Fsp3) is 0.389. The number of aliphatic carboxylic acids is 1. The minimum atomic E-state index is -0.740. The molecule has 24 heavy (non-hydrogen) atoms. The summed E-state index contributed by atoms with van der Waals surface area (Å²) in [6, 6.07) is 9.50. The number of nitrogens with zero attached hydrogens (tertiary/aromatic N) is 3. The van der Waals surface area contributed by atoms with Gasteiger partial charge in [-0.15, -0.1) is 0 Å². The van der Waals surface area contributed by atoms with Crippen LogP contribution in [0.4, 0.5) is 5.82 Å². The first-order valence-corrected chi connectivity index (χ1v) is 8.22. The third kappa shape index (κ3) is 3.48. The lowest BCUT2D eigenvalue weighted by molar-refractivity contribution is -0.141. The van der Waals surface area contributed by atoms with Gasteiger partial charge in [0.1, 0.15) is 11.6 Å². The predicted octanol–water partition coefficient (Wildman–Crippen LogP) is 2.84. The normalized spacial score (nSPS) is 17.5. The summed E-state index contributed by atoms with van der Waals surface area (Å²) in [4.78, 5) is 22.3. The van der Waals surface area contributed by atoms with Gasteiger partial charge in [0.05, 0.1) is 18.1 Å². The van der Waals surface area contributed by atoms with Crippen LogP contribution < -0.4 is 9.64 Å². The Bertz CT molecular complexity index is 720. The summed E-state index contributed by atoms with van der Waals surface area (Å²) in [6.45, 7) is 3.81. The van der Waals surface area contributed by atoms with Crippen molar-refractivity contribution >= 4 is 11.8 Å². The fourth-order valence-electron chi connectivity index (χ4n) is 2.97. The summed E-state index contributed by atoms with van der Waals surface area (Å²) >= 11 is 0. The Labute approximate surface area is 141 Å². The van der Waals surface area contributed by atoms with Crippen LogP contribution in [0.2, 0.25) is 0 Å². The van der Waals surface area contributed by atoms with Crippen molar-refractivity contribution in [3.63, 3.8) is 0 Å². The van der Waals surface area contributed by atoms with Crippen LogP contribution in [0.5, 0.6) is 5.75 Å². The van der Waals surface area contributed by atoms with Crippen molar-refractivity contribution in [2.75, 3.05) is 24.6 Å². The van der Waals surface area contributed by atoms with E-state index in [0.29, 0.717) is 19.0 Å². The van der Waals surface area contributed by atoms with Gasteiger partial charge in [-0.1, -0.05) is 12.1 Å². The minimum absolute atomic E-state index is 0.340. The van der Waals surface area contributed by atoms with Gasteiger partial charge in [0.2, 0.25) is 0 Å². The summed E-state index contributed by atoms with van der Waals surface area (Å²) in [5.74, 6) is 1.02. The van der Waals surface area contributed by atoms with Crippen molar-refractivity contribution in [2.45, 2.75) is 19.8 Å². The van der Waals surface area contributed by atoms with E-state index in [9.17, 15) is 9.90 Å². The van der Waals surface area contributed by atoms with Crippen molar-refractivity contribution in [3.05, 3.63) is 36.5 Å². The molecule has 6 nitrogen and oxygen atoms in total. The molecule has 1 unspecified atom stereocenters. The maximum absolute atomic E-state index is 11.3. The Hall–Kier alpha value is -2.63. The highest BCUT2D eigenvalue weighted by atomic mass is 16.5. The number of ether oxygens (including phenoxy) is 1. The Morgan fingerprint density at radius 1 is 1.38 bits per heavy atom.